The largest absolute Gasteiger partial charge is 0.481 e. The fraction of sp³-hybridized carbons (Fsp3) is 0.300. The maximum Gasteiger partial charge on any atom is 0.263 e. The number of ether oxygens (including phenoxy) is 1. The number of carbonyl (C=O) groups is 2. The molecule has 0 saturated carbocycles. The van der Waals surface area contributed by atoms with Gasteiger partial charge >= 0.3 is 0 Å². The molecule has 130 valence electrons. The van der Waals surface area contributed by atoms with Crippen LogP contribution in [0.2, 0.25) is 0 Å². The molecule has 1 atom stereocenters. The summed E-state index contributed by atoms with van der Waals surface area (Å²) in [4.78, 5) is 28.6. The quantitative estimate of drug-likeness (QED) is 0.860. The van der Waals surface area contributed by atoms with E-state index < -0.39 is 6.10 Å². The Hall–Kier alpha value is -2.82. The molecule has 3 rings (SSSR count). The monoisotopic (exact) mass is 338 g/mol. The Morgan fingerprint density at radius 2 is 1.36 bits per heavy atom. The number of para-hydroxylation sites is 1. The van der Waals surface area contributed by atoms with Crippen molar-refractivity contribution in [3.8, 4) is 5.75 Å². The number of hydrogen-bond acceptors (Lipinski definition) is 3. The summed E-state index contributed by atoms with van der Waals surface area (Å²) >= 11 is 0. The van der Waals surface area contributed by atoms with Gasteiger partial charge in [0.15, 0.2) is 6.10 Å². The first-order valence-electron chi connectivity index (χ1n) is 8.50. The van der Waals surface area contributed by atoms with Gasteiger partial charge in [0.2, 0.25) is 0 Å². The predicted octanol–water partition coefficient (Wildman–Crippen LogP) is 2.44. The number of rotatable bonds is 4. The van der Waals surface area contributed by atoms with Crippen molar-refractivity contribution >= 4 is 11.8 Å². The Morgan fingerprint density at radius 1 is 0.840 bits per heavy atom. The standard InChI is InChI=1S/C20H22N2O3/c1-16(25-18-10-6-3-7-11-18)19(23)21-12-14-22(15-13-21)20(24)17-8-4-2-5-9-17/h2-11,16H,12-15H2,1H3/t16-/m0/s1. The Labute approximate surface area is 147 Å². The molecule has 1 saturated heterocycles. The van der Waals surface area contributed by atoms with E-state index in [1.165, 1.54) is 0 Å². The van der Waals surface area contributed by atoms with E-state index in [0.29, 0.717) is 37.5 Å². The molecule has 1 heterocycles. The fourth-order valence-electron chi connectivity index (χ4n) is 2.90. The lowest BCUT2D eigenvalue weighted by molar-refractivity contribution is -0.139. The first kappa shape index (κ1) is 17.0. The third kappa shape index (κ3) is 4.18. The first-order valence-corrected chi connectivity index (χ1v) is 8.50. The van der Waals surface area contributed by atoms with Gasteiger partial charge in [0.1, 0.15) is 5.75 Å². The van der Waals surface area contributed by atoms with Gasteiger partial charge in [0, 0.05) is 31.7 Å². The highest BCUT2D eigenvalue weighted by Gasteiger charge is 2.28. The summed E-state index contributed by atoms with van der Waals surface area (Å²) in [5.41, 5.74) is 0.683. The molecule has 5 heteroatoms. The summed E-state index contributed by atoms with van der Waals surface area (Å²) in [5.74, 6) is 0.651. The summed E-state index contributed by atoms with van der Waals surface area (Å²) in [6.45, 7) is 3.89. The molecule has 0 spiro atoms. The second-order valence-corrected chi connectivity index (χ2v) is 6.06. The lowest BCUT2D eigenvalue weighted by atomic mass is 10.2. The Morgan fingerprint density at radius 3 is 1.96 bits per heavy atom. The van der Waals surface area contributed by atoms with E-state index in [2.05, 4.69) is 0 Å². The maximum absolute atomic E-state index is 12.5. The van der Waals surface area contributed by atoms with Crippen molar-refractivity contribution in [2.45, 2.75) is 13.0 Å². The highest BCUT2D eigenvalue weighted by atomic mass is 16.5. The zero-order valence-corrected chi connectivity index (χ0v) is 14.3. The van der Waals surface area contributed by atoms with E-state index in [1.54, 1.807) is 16.7 Å². The molecule has 0 bridgehead atoms. The SMILES string of the molecule is C[C@H](Oc1ccccc1)C(=O)N1CCN(C(=O)c2ccccc2)CC1. The van der Waals surface area contributed by atoms with Gasteiger partial charge in [0.25, 0.3) is 11.8 Å². The number of carbonyl (C=O) groups excluding carboxylic acids is 2. The summed E-state index contributed by atoms with van der Waals surface area (Å²) in [7, 11) is 0. The zero-order valence-electron chi connectivity index (χ0n) is 14.3. The molecule has 0 aromatic heterocycles. The van der Waals surface area contributed by atoms with Crippen LogP contribution in [0.3, 0.4) is 0 Å². The summed E-state index contributed by atoms with van der Waals surface area (Å²) in [6, 6.07) is 18.6. The van der Waals surface area contributed by atoms with Crippen LogP contribution in [0.15, 0.2) is 60.7 Å². The van der Waals surface area contributed by atoms with Crippen molar-refractivity contribution in [1.29, 1.82) is 0 Å². The smallest absolute Gasteiger partial charge is 0.263 e. The van der Waals surface area contributed by atoms with Crippen LogP contribution in [0.5, 0.6) is 5.75 Å². The molecule has 0 aliphatic carbocycles. The number of hydrogen-bond donors (Lipinski definition) is 0. The molecule has 1 aliphatic heterocycles. The average molecular weight is 338 g/mol. The molecule has 5 nitrogen and oxygen atoms in total. The molecule has 0 N–H and O–H groups in total. The lowest BCUT2D eigenvalue weighted by Gasteiger charge is -2.36. The maximum atomic E-state index is 12.5. The van der Waals surface area contributed by atoms with E-state index in [4.69, 9.17) is 4.74 Å². The minimum atomic E-state index is -0.543. The van der Waals surface area contributed by atoms with Crippen molar-refractivity contribution in [2.75, 3.05) is 26.2 Å². The van der Waals surface area contributed by atoms with Crippen molar-refractivity contribution < 1.29 is 14.3 Å². The van der Waals surface area contributed by atoms with Crippen LogP contribution in [0.4, 0.5) is 0 Å². The number of benzene rings is 2. The van der Waals surface area contributed by atoms with E-state index in [0.717, 1.165) is 0 Å². The van der Waals surface area contributed by atoms with Crippen molar-refractivity contribution in [3.63, 3.8) is 0 Å². The molecule has 1 fully saturated rings. The van der Waals surface area contributed by atoms with Gasteiger partial charge in [-0.05, 0) is 31.2 Å². The molecule has 0 unspecified atom stereocenters. The number of amides is 2. The molecule has 25 heavy (non-hydrogen) atoms. The Balaban J connectivity index is 1.53. The van der Waals surface area contributed by atoms with Gasteiger partial charge in [-0.3, -0.25) is 9.59 Å². The zero-order chi connectivity index (χ0) is 17.6. The summed E-state index contributed by atoms with van der Waals surface area (Å²) < 4.78 is 5.70. The topological polar surface area (TPSA) is 49.9 Å². The highest BCUT2D eigenvalue weighted by molar-refractivity contribution is 5.94. The molecule has 2 aromatic carbocycles. The van der Waals surface area contributed by atoms with E-state index in [-0.39, 0.29) is 11.8 Å². The van der Waals surface area contributed by atoms with Gasteiger partial charge in [-0.1, -0.05) is 36.4 Å². The third-order valence-electron chi connectivity index (χ3n) is 4.30. The van der Waals surface area contributed by atoms with Gasteiger partial charge in [0.05, 0.1) is 0 Å². The second-order valence-electron chi connectivity index (χ2n) is 6.06. The molecule has 2 aromatic rings. The Bertz CT molecular complexity index is 710. The van der Waals surface area contributed by atoms with Gasteiger partial charge in [-0.15, -0.1) is 0 Å². The number of nitrogens with zero attached hydrogens (tertiary/aromatic N) is 2. The van der Waals surface area contributed by atoms with Crippen molar-refractivity contribution in [3.05, 3.63) is 66.2 Å². The van der Waals surface area contributed by atoms with Crippen LogP contribution in [-0.4, -0.2) is 53.9 Å². The second kappa shape index (κ2) is 7.83. The van der Waals surface area contributed by atoms with Gasteiger partial charge in [-0.2, -0.15) is 0 Å². The highest BCUT2D eigenvalue weighted by Crippen LogP contribution is 2.14. The summed E-state index contributed by atoms with van der Waals surface area (Å²) in [5, 5.41) is 0. The van der Waals surface area contributed by atoms with Crippen LogP contribution in [0.1, 0.15) is 17.3 Å². The van der Waals surface area contributed by atoms with E-state index >= 15 is 0 Å². The average Bonchev–Trinajstić information content (AvgIpc) is 2.68. The predicted molar refractivity (Wildman–Crippen MR) is 95.5 cm³/mol. The lowest BCUT2D eigenvalue weighted by Crippen LogP contribution is -2.53. The summed E-state index contributed by atoms with van der Waals surface area (Å²) in [6.07, 6.45) is -0.543. The van der Waals surface area contributed by atoms with Crippen molar-refractivity contribution in [1.82, 2.24) is 9.80 Å². The van der Waals surface area contributed by atoms with E-state index in [1.807, 2.05) is 60.7 Å². The van der Waals surface area contributed by atoms with Crippen LogP contribution >= 0.6 is 0 Å². The van der Waals surface area contributed by atoms with Gasteiger partial charge < -0.3 is 14.5 Å². The van der Waals surface area contributed by atoms with Crippen LogP contribution < -0.4 is 4.74 Å². The Kier molecular flexibility index (Phi) is 5.33. The fourth-order valence-corrected chi connectivity index (χ4v) is 2.90. The van der Waals surface area contributed by atoms with E-state index in [9.17, 15) is 9.59 Å². The van der Waals surface area contributed by atoms with Gasteiger partial charge in [-0.25, -0.2) is 0 Å². The van der Waals surface area contributed by atoms with Crippen LogP contribution in [0.25, 0.3) is 0 Å². The molecule has 1 aliphatic rings. The minimum Gasteiger partial charge on any atom is -0.481 e. The van der Waals surface area contributed by atoms with Crippen LogP contribution in [-0.2, 0) is 4.79 Å². The third-order valence-corrected chi connectivity index (χ3v) is 4.30. The molecular weight excluding hydrogens is 316 g/mol. The van der Waals surface area contributed by atoms with Crippen molar-refractivity contribution in [2.24, 2.45) is 0 Å². The number of piperazine rings is 1. The molecule has 0 radical (unpaired) electrons. The first-order chi connectivity index (χ1) is 12.1. The normalized spacial score (nSPS) is 15.6. The van der Waals surface area contributed by atoms with Crippen LogP contribution in [0, 0.1) is 0 Å². The molecular formula is C20H22N2O3. The minimum absolute atomic E-state index is 0.0151. The molecule has 2 amide bonds.